The van der Waals surface area contributed by atoms with Crippen LogP contribution in [0.1, 0.15) is 5.69 Å². The number of halogens is 4. The Morgan fingerprint density at radius 1 is 1.29 bits per heavy atom. The van der Waals surface area contributed by atoms with Gasteiger partial charge in [0.1, 0.15) is 17.9 Å². The molecule has 2 N–H and O–H groups in total. The highest BCUT2D eigenvalue weighted by Crippen LogP contribution is 2.28. The van der Waals surface area contributed by atoms with Crippen molar-refractivity contribution in [1.29, 1.82) is 0 Å². The fraction of sp³-hybridized carbons (Fsp3) is 0.167. The maximum absolute atomic E-state index is 13.8. The molecule has 1 aromatic carbocycles. The summed E-state index contributed by atoms with van der Waals surface area (Å²) in [4.78, 5) is 14.8. The van der Waals surface area contributed by atoms with E-state index >= 15 is 0 Å². The number of hydrogen-bond acceptors (Lipinski definition) is 4. The molecule has 0 spiro atoms. The van der Waals surface area contributed by atoms with Crippen molar-refractivity contribution < 1.29 is 22.3 Å². The SMILES string of the molecule is COc1cc(-n2cnc(C(F)(F)F)cc2=O)c(F)cc1N. The maximum Gasteiger partial charge on any atom is 0.433 e. The summed E-state index contributed by atoms with van der Waals surface area (Å²) in [6, 6.07) is 2.28. The molecule has 0 fully saturated rings. The van der Waals surface area contributed by atoms with Crippen LogP contribution in [0.4, 0.5) is 23.2 Å². The third kappa shape index (κ3) is 2.81. The molecule has 0 aliphatic rings. The zero-order valence-electron chi connectivity index (χ0n) is 10.6. The second kappa shape index (κ2) is 5.08. The summed E-state index contributed by atoms with van der Waals surface area (Å²) in [6.45, 7) is 0. The number of hydrogen-bond donors (Lipinski definition) is 1. The van der Waals surface area contributed by atoms with Crippen LogP contribution < -0.4 is 16.0 Å². The average Bonchev–Trinajstić information content (AvgIpc) is 2.38. The van der Waals surface area contributed by atoms with Gasteiger partial charge in [-0.25, -0.2) is 9.37 Å². The van der Waals surface area contributed by atoms with Gasteiger partial charge in [0.15, 0.2) is 5.69 Å². The number of alkyl halides is 3. The van der Waals surface area contributed by atoms with E-state index in [4.69, 9.17) is 10.5 Å². The van der Waals surface area contributed by atoms with Gasteiger partial charge in [-0.1, -0.05) is 0 Å². The van der Waals surface area contributed by atoms with Gasteiger partial charge in [-0.05, 0) is 0 Å². The molecular formula is C12H9F4N3O2. The second-order valence-electron chi connectivity index (χ2n) is 4.03. The number of aromatic nitrogens is 2. The quantitative estimate of drug-likeness (QED) is 0.680. The fourth-order valence-corrected chi connectivity index (χ4v) is 1.66. The second-order valence-corrected chi connectivity index (χ2v) is 4.03. The minimum atomic E-state index is -4.75. The molecule has 0 aliphatic heterocycles. The fourth-order valence-electron chi connectivity index (χ4n) is 1.66. The summed E-state index contributed by atoms with van der Waals surface area (Å²) in [6.07, 6.45) is -4.16. The van der Waals surface area contributed by atoms with E-state index in [0.29, 0.717) is 10.9 Å². The van der Waals surface area contributed by atoms with Gasteiger partial charge in [0.2, 0.25) is 0 Å². The molecule has 0 bridgehead atoms. The van der Waals surface area contributed by atoms with Gasteiger partial charge in [-0.15, -0.1) is 0 Å². The Kier molecular flexibility index (Phi) is 3.58. The lowest BCUT2D eigenvalue weighted by Gasteiger charge is -2.12. The molecule has 112 valence electrons. The number of nitrogens with two attached hydrogens (primary N) is 1. The van der Waals surface area contributed by atoms with Crippen LogP contribution in [0.3, 0.4) is 0 Å². The number of benzene rings is 1. The van der Waals surface area contributed by atoms with Crippen molar-refractivity contribution in [2.45, 2.75) is 6.18 Å². The molecule has 9 heteroatoms. The first kappa shape index (κ1) is 14.8. The molecule has 0 saturated heterocycles. The number of nitrogen functional groups attached to an aromatic ring is 1. The Morgan fingerprint density at radius 3 is 2.48 bits per heavy atom. The Labute approximate surface area is 115 Å². The molecule has 0 amide bonds. The number of rotatable bonds is 2. The Hall–Kier alpha value is -2.58. The van der Waals surface area contributed by atoms with Gasteiger partial charge in [0.05, 0.1) is 18.5 Å². The normalized spacial score (nSPS) is 11.5. The lowest BCUT2D eigenvalue weighted by molar-refractivity contribution is -0.141. The highest BCUT2D eigenvalue weighted by molar-refractivity contribution is 5.58. The third-order valence-electron chi connectivity index (χ3n) is 2.66. The smallest absolute Gasteiger partial charge is 0.433 e. The minimum absolute atomic E-state index is 0.00771. The standard InChI is InChI=1S/C12H9F4N3O2/c1-21-9-3-8(6(13)2-7(9)17)19-5-18-10(4-11(19)20)12(14,15)16/h2-5H,17H2,1H3. The lowest BCUT2D eigenvalue weighted by Crippen LogP contribution is -2.23. The summed E-state index contributed by atoms with van der Waals surface area (Å²) in [5.41, 5.74) is 2.73. The van der Waals surface area contributed by atoms with Crippen LogP contribution in [-0.4, -0.2) is 16.7 Å². The summed E-state index contributed by atoms with van der Waals surface area (Å²) in [5.74, 6) is -0.810. The monoisotopic (exact) mass is 303 g/mol. The Morgan fingerprint density at radius 2 is 1.95 bits per heavy atom. The van der Waals surface area contributed by atoms with E-state index in [1.54, 1.807) is 0 Å². The average molecular weight is 303 g/mol. The van der Waals surface area contributed by atoms with Crippen molar-refractivity contribution in [3.05, 3.63) is 46.4 Å². The molecule has 5 nitrogen and oxygen atoms in total. The van der Waals surface area contributed by atoms with Gasteiger partial charge in [-0.2, -0.15) is 13.2 Å². The molecule has 0 unspecified atom stereocenters. The minimum Gasteiger partial charge on any atom is -0.495 e. The third-order valence-corrected chi connectivity index (χ3v) is 2.66. The van der Waals surface area contributed by atoms with E-state index in [9.17, 15) is 22.4 Å². The highest BCUT2D eigenvalue weighted by atomic mass is 19.4. The summed E-state index contributed by atoms with van der Waals surface area (Å²) in [5, 5.41) is 0. The molecule has 21 heavy (non-hydrogen) atoms. The van der Waals surface area contributed by atoms with Gasteiger partial charge < -0.3 is 10.5 Å². The van der Waals surface area contributed by atoms with Crippen LogP contribution in [0.2, 0.25) is 0 Å². The number of ether oxygens (including phenoxy) is 1. The van der Waals surface area contributed by atoms with Gasteiger partial charge >= 0.3 is 6.18 Å². The first-order valence-corrected chi connectivity index (χ1v) is 5.53. The van der Waals surface area contributed by atoms with E-state index in [1.165, 1.54) is 7.11 Å². The topological polar surface area (TPSA) is 70.1 Å². The number of nitrogens with zero attached hydrogens (tertiary/aromatic N) is 2. The number of methoxy groups -OCH3 is 1. The van der Waals surface area contributed by atoms with Crippen molar-refractivity contribution >= 4 is 5.69 Å². The zero-order valence-corrected chi connectivity index (χ0v) is 10.6. The summed E-state index contributed by atoms with van der Waals surface area (Å²) < 4.78 is 56.6. The van der Waals surface area contributed by atoms with Crippen molar-refractivity contribution in [2.75, 3.05) is 12.8 Å². The summed E-state index contributed by atoms with van der Waals surface area (Å²) >= 11 is 0. The molecule has 2 aromatic rings. The van der Waals surface area contributed by atoms with E-state index in [0.717, 1.165) is 12.1 Å². The van der Waals surface area contributed by atoms with Crippen LogP contribution in [0.15, 0.2) is 29.3 Å². The highest BCUT2D eigenvalue weighted by Gasteiger charge is 2.33. The van der Waals surface area contributed by atoms with Gasteiger partial charge in [0, 0.05) is 18.2 Å². The molecule has 1 aromatic heterocycles. The first-order chi connectivity index (χ1) is 9.74. The van der Waals surface area contributed by atoms with E-state index in [-0.39, 0.29) is 23.2 Å². The van der Waals surface area contributed by atoms with Gasteiger partial charge in [-0.3, -0.25) is 9.36 Å². The molecule has 0 aliphatic carbocycles. The van der Waals surface area contributed by atoms with Crippen LogP contribution in [0.5, 0.6) is 5.75 Å². The predicted octanol–water partition coefficient (Wildman–Crippen LogP) is 1.98. The Balaban J connectivity index is 2.61. The predicted molar refractivity (Wildman–Crippen MR) is 65.8 cm³/mol. The molecule has 0 atom stereocenters. The zero-order chi connectivity index (χ0) is 15.8. The van der Waals surface area contributed by atoms with Crippen molar-refractivity contribution in [3.63, 3.8) is 0 Å². The van der Waals surface area contributed by atoms with E-state index in [1.807, 2.05) is 0 Å². The van der Waals surface area contributed by atoms with Crippen molar-refractivity contribution in [2.24, 2.45) is 0 Å². The van der Waals surface area contributed by atoms with Crippen molar-refractivity contribution in [3.8, 4) is 11.4 Å². The molecule has 2 rings (SSSR count). The van der Waals surface area contributed by atoms with Crippen molar-refractivity contribution in [1.82, 2.24) is 9.55 Å². The van der Waals surface area contributed by atoms with Crippen LogP contribution >= 0.6 is 0 Å². The Bertz CT molecular complexity index is 740. The van der Waals surface area contributed by atoms with Gasteiger partial charge in [0.25, 0.3) is 5.56 Å². The first-order valence-electron chi connectivity index (χ1n) is 5.53. The maximum atomic E-state index is 13.8. The molecule has 0 radical (unpaired) electrons. The molecular weight excluding hydrogens is 294 g/mol. The molecule has 0 saturated carbocycles. The lowest BCUT2D eigenvalue weighted by atomic mass is 10.2. The molecule has 1 heterocycles. The largest absolute Gasteiger partial charge is 0.495 e. The van der Waals surface area contributed by atoms with E-state index < -0.39 is 23.2 Å². The van der Waals surface area contributed by atoms with E-state index in [2.05, 4.69) is 4.98 Å². The van der Waals surface area contributed by atoms with Crippen LogP contribution in [0, 0.1) is 5.82 Å². The van der Waals surface area contributed by atoms with Crippen LogP contribution in [-0.2, 0) is 6.18 Å². The van der Waals surface area contributed by atoms with Crippen LogP contribution in [0.25, 0.3) is 5.69 Å². The number of anilines is 1. The summed E-state index contributed by atoms with van der Waals surface area (Å²) in [7, 11) is 1.28.